The van der Waals surface area contributed by atoms with E-state index >= 15 is 0 Å². The van der Waals surface area contributed by atoms with Crippen LogP contribution in [0.1, 0.15) is 20.3 Å². The molecular weight excluding hydrogens is 472 g/mol. The molecule has 0 spiro atoms. The van der Waals surface area contributed by atoms with Crippen molar-refractivity contribution in [3.63, 3.8) is 0 Å². The number of aliphatic hydroxyl groups is 1. The van der Waals surface area contributed by atoms with Gasteiger partial charge in [-0.1, -0.05) is 30.3 Å². The molecule has 0 bridgehead atoms. The second-order valence-corrected chi connectivity index (χ2v) is 8.79. The van der Waals surface area contributed by atoms with E-state index in [0.29, 0.717) is 22.3 Å². The highest BCUT2D eigenvalue weighted by Crippen LogP contribution is 2.28. The van der Waals surface area contributed by atoms with E-state index in [-0.39, 0.29) is 30.9 Å². The Kier molecular flexibility index (Phi) is 8.22. The molecule has 0 radical (unpaired) electrons. The zero-order valence-electron chi connectivity index (χ0n) is 18.4. The van der Waals surface area contributed by atoms with E-state index in [4.69, 9.17) is 21.1 Å². The van der Waals surface area contributed by atoms with Gasteiger partial charge in [-0.3, -0.25) is 19.1 Å². The standard InChI is InChI=1S/C21H25ClN4O6S/c1-4-15(19(29)31-5-2)33-21-23-17-16(18(28)24-20(30)25(17)3)26(21)10-13(27)11-32-14-8-6-12(22)7-9-14/h6-9,13,15,27H,4-5,10-11H2,1-3H3,(H,24,28,30)/t13-,15-/m0/s1. The van der Waals surface area contributed by atoms with Gasteiger partial charge in [0, 0.05) is 12.1 Å². The molecule has 3 rings (SSSR count). The van der Waals surface area contributed by atoms with Crippen LogP contribution < -0.4 is 16.0 Å². The maximum absolute atomic E-state index is 12.6. The molecule has 1 aromatic carbocycles. The first-order valence-electron chi connectivity index (χ1n) is 10.3. The lowest BCUT2D eigenvalue weighted by Gasteiger charge is -2.17. The topological polar surface area (TPSA) is 128 Å². The third-order valence-corrected chi connectivity index (χ3v) is 6.37. The van der Waals surface area contributed by atoms with Crippen LogP contribution in [0.3, 0.4) is 0 Å². The van der Waals surface area contributed by atoms with Crippen LogP contribution in [0.2, 0.25) is 5.02 Å². The second-order valence-electron chi connectivity index (χ2n) is 7.18. The van der Waals surface area contributed by atoms with E-state index in [1.165, 1.54) is 16.2 Å². The van der Waals surface area contributed by atoms with Crippen LogP contribution in [0, 0.1) is 0 Å². The third kappa shape index (κ3) is 5.79. The number of esters is 1. The summed E-state index contributed by atoms with van der Waals surface area (Å²) < 4.78 is 13.4. The molecule has 2 aromatic heterocycles. The first-order valence-corrected chi connectivity index (χ1v) is 11.6. The third-order valence-electron chi connectivity index (χ3n) is 4.79. The summed E-state index contributed by atoms with van der Waals surface area (Å²) in [5, 5.41) is 10.9. The average Bonchev–Trinajstić information content (AvgIpc) is 3.14. The summed E-state index contributed by atoms with van der Waals surface area (Å²) in [7, 11) is 1.48. The predicted molar refractivity (Wildman–Crippen MR) is 125 cm³/mol. The first kappa shape index (κ1) is 24.9. The van der Waals surface area contributed by atoms with E-state index in [1.807, 2.05) is 6.92 Å². The first-order chi connectivity index (χ1) is 15.7. The maximum Gasteiger partial charge on any atom is 0.329 e. The van der Waals surface area contributed by atoms with Gasteiger partial charge in [0.15, 0.2) is 16.3 Å². The number of H-pyrrole nitrogens is 1. The maximum atomic E-state index is 12.6. The lowest BCUT2D eigenvalue weighted by atomic mass is 10.3. The van der Waals surface area contributed by atoms with Gasteiger partial charge in [0.25, 0.3) is 5.56 Å². The van der Waals surface area contributed by atoms with Crippen LogP contribution in [0.4, 0.5) is 0 Å². The number of aliphatic hydroxyl groups excluding tert-OH is 1. The number of benzene rings is 1. The van der Waals surface area contributed by atoms with Gasteiger partial charge in [-0.25, -0.2) is 9.78 Å². The summed E-state index contributed by atoms with van der Waals surface area (Å²) in [5.74, 6) is 0.121. The number of nitrogens with zero attached hydrogens (tertiary/aromatic N) is 3. The van der Waals surface area contributed by atoms with Gasteiger partial charge in [-0.15, -0.1) is 0 Å². The van der Waals surface area contributed by atoms with Crippen molar-refractivity contribution in [3.8, 4) is 5.75 Å². The predicted octanol–water partition coefficient (Wildman–Crippen LogP) is 1.95. The number of thioether (sulfide) groups is 1. The number of aryl methyl sites for hydroxylation is 1. The number of hydrogen-bond donors (Lipinski definition) is 2. The fourth-order valence-electron chi connectivity index (χ4n) is 3.12. The Bertz CT molecular complexity index is 1240. The van der Waals surface area contributed by atoms with Gasteiger partial charge in [0.2, 0.25) is 0 Å². The van der Waals surface area contributed by atoms with Crippen molar-refractivity contribution in [2.24, 2.45) is 7.05 Å². The number of nitrogens with one attached hydrogen (secondary N) is 1. The molecule has 12 heteroatoms. The van der Waals surface area contributed by atoms with Crippen LogP contribution in [0.5, 0.6) is 5.75 Å². The Morgan fingerprint density at radius 3 is 2.61 bits per heavy atom. The molecular formula is C21H25ClN4O6S. The Hall–Kier alpha value is -2.76. The van der Waals surface area contributed by atoms with Crippen molar-refractivity contribution in [1.29, 1.82) is 0 Å². The lowest BCUT2D eigenvalue weighted by Crippen LogP contribution is -2.31. The van der Waals surface area contributed by atoms with E-state index in [1.54, 1.807) is 31.2 Å². The van der Waals surface area contributed by atoms with Gasteiger partial charge in [0.1, 0.15) is 23.7 Å². The minimum Gasteiger partial charge on any atom is -0.491 e. The molecule has 2 atom stereocenters. The molecule has 0 aliphatic carbocycles. The highest BCUT2D eigenvalue weighted by molar-refractivity contribution is 8.00. The molecule has 0 unspecified atom stereocenters. The van der Waals surface area contributed by atoms with Crippen molar-refractivity contribution in [2.45, 2.75) is 43.3 Å². The Morgan fingerprint density at radius 1 is 1.27 bits per heavy atom. The van der Waals surface area contributed by atoms with Gasteiger partial charge >= 0.3 is 11.7 Å². The average molecular weight is 497 g/mol. The number of imidazole rings is 1. The molecule has 0 aliphatic rings. The number of aromatic nitrogens is 4. The largest absolute Gasteiger partial charge is 0.491 e. The number of halogens is 1. The van der Waals surface area contributed by atoms with Crippen LogP contribution in [-0.4, -0.2) is 54.7 Å². The number of carbonyl (C=O) groups excluding carboxylic acids is 1. The summed E-state index contributed by atoms with van der Waals surface area (Å²) in [5.41, 5.74) is -0.986. The number of rotatable bonds is 10. The summed E-state index contributed by atoms with van der Waals surface area (Å²) in [6, 6.07) is 6.69. The molecule has 0 fully saturated rings. The van der Waals surface area contributed by atoms with Crippen LogP contribution in [0.15, 0.2) is 39.0 Å². The second kappa shape index (κ2) is 10.9. The zero-order chi connectivity index (χ0) is 24.1. The molecule has 10 nitrogen and oxygen atoms in total. The van der Waals surface area contributed by atoms with Crippen molar-refractivity contribution < 1.29 is 19.4 Å². The SMILES string of the molecule is CCOC(=O)[C@H](CC)Sc1nc2c(c(=O)[nH]c(=O)n2C)n1C[C@H](O)COc1ccc(Cl)cc1. The van der Waals surface area contributed by atoms with Gasteiger partial charge in [-0.05, 0) is 37.6 Å². The fraction of sp³-hybridized carbons (Fsp3) is 0.429. The van der Waals surface area contributed by atoms with Crippen molar-refractivity contribution in [2.75, 3.05) is 13.2 Å². The molecule has 0 aliphatic heterocycles. The zero-order valence-corrected chi connectivity index (χ0v) is 20.0. The smallest absolute Gasteiger partial charge is 0.329 e. The van der Waals surface area contributed by atoms with Gasteiger partial charge in [-0.2, -0.15) is 0 Å². The van der Waals surface area contributed by atoms with Crippen molar-refractivity contribution in [3.05, 3.63) is 50.1 Å². The molecule has 0 saturated heterocycles. The van der Waals surface area contributed by atoms with E-state index in [0.717, 1.165) is 11.8 Å². The van der Waals surface area contributed by atoms with Crippen LogP contribution >= 0.6 is 23.4 Å². The van der Waals surface area contributed by atoms with Gasteiger partial charge < -0.3 is 19.1 Å². The number of aromatic amines is 1. The molecule has 0 amide bonds. The van der Waals surface area contributed by atoms with Gasteiger partial charge in [0.05, 0.1) is 13.2 Å². The Balaban J connectivity index is 1.93. The van der Waals surface area contributed by atoms with E-state index < -0.39 is 28.6 Å². The lowest BCUT2D eigenvalue weighted by molar-refractivity contribution is -0.142. The molecule has 33 heavy (non-hydrogen) atoms. The summed E-state index contributed by atoms with van der Waals surface area (Å²) in [4.78, 5) is 43.7. The Labute approximate surface area is 198 Å². The quantitative estimate of drug-likeness (QED) is 0.322. The molecule has 178 valence electrons. The molecule has 0 saturated carbocycles. The molecule has 3 aromatic rings. The Morgan fingerprint density at radius 2 is 1.97 bits per heavy atom. The number of fused-ring (bicyclic) bond motifs is 1. The van der Waals surface area contributed by atoms with Crippen LogP contribution in [0.25, 0.3) is 11.2 Å². The van der Waals surface area contributed by atoms with E-state index in [2.05, 4.69) is 9.97 Å². The number of carbonyl (C=O) groups is 1. The number of ether oxygens (including phenoxy) is 2. The van der Waals surface area contributed by atoms with Crippen LogP contribution in [-0.2, 0) is 23.1 Å². The molecule has 2 N–H and O–H groups in total. The monoisotopic (exact) mass is 496 g/mol. The highest BCUT2D eigenvalue weighted by Gasteiger charge is 2.26. The van der Waals surface area contributed by atoms with E-state index in [9.17, 15) is 19.5 Å². The van der Waals surface area contributed by atoms with Crippen molar-refractivity contribution >= 4 is 40.5 Å². The van der Waals surface area contributed by atoms with Crippen molar-refractivity contribution in [1.82, 2.24) is 19.1 Å². The fourth-order valence-corrected chi connectivity index (χ4v) is 4.26. The molecule has 2 heterocycles. The summed E-state index contributed by atoms with van der Waals surface area (Å²) in [6.45, 7) is 3.67. The number of hydrogen-bond acceptors (Lipinski definition) is 8. The highest BCUT2D eigenvalue weighted by atomic mass is 35.5. The minimum atomic E-state index is -1.02. The summed E-state index contributed by atoms with van der Waals surface area (Å²) in [6.07, 6.45) is -0.554. The summed E-state index contributed by atoms with van der Waals surface area (Å²) >= 11 is 6.98. The minimum absolute atomic E-state index is 0.0486. The normalized spacial score (nSPS) is 13.1.